The summed E-state index contributed by atoms with van der Waals surface area (Å²) in [7, 11) is 1.42. The average Bonchev–Trinajstić information content (AvgIpc) is 2.31. The van der Waals surface area contributed by atoms with Crippen LogP contribution in [0.2, 0.25) is 0 Å². The van der Waals surface area contributed by atoms with Crippen molar-refractivity contribution in [3.8, 4) is 0 Å². The van der Waals surface area contributed by atoms with Crippen molar-refractivity contribution in [2.45, 2.75) is 33.6 Å². The Morgan fingerprint density at radius 2 is 2.23 bits per heavy atom. The molecule has 1 atom stereocenters. The molecule has 0 heterocycles. The molecule has 0 aromatic carbocycles. The summed E-state index contributed by atoms with van der Waals surface area (Å²) in [6.07, 6.45) is 3.86. The largest absolute Gasteiger partial charge is 0.466 e. The predicted molar refractivity (Wildman–Crippen MR) is 52.3 cm³/mol. The van der Waals surface area contributed by atoms with Gasteiger partial charge in [-0.2, -0.15) is 0 Å². The lowest BCUT2D eigenvalue weighted by atomic mass is 9.80. The Labute approximate surface area is 80.0 Å². The quantitative estimate of drug-likeness (QED) is 0.460. The monoisotopic (exact) mass is 182 g/mol. The summed E-state index contributed by atoms with van der Waals surface area (Å²) in [4.78, 5) is 11.1. The summed E-state index contributed by atoms with van der Waals surface area (Å²) in [6.45, 7) is 6.62. The number of hydrogen-bond acceptors (Lipinski definition) is 2. The Bertz CT molecular complexity index is 238. The van der Waals surface area contributed by atoms with Crippen molar-refractivity contribution < 1.29 is 9.53 Å². The van der Waals surface area contributed by atoms with Crippen LogP contribution in [0.4, 0.5) is 0 Å². The minimum Gasteiger partial charge on any atom is -0.466 e. The van der Waals surface area contributed by atoms with Gasteiger partial charge in [-0.1, -0.05) is 26.3 Å². The van der Waals surface area contributed by atoms with Gasteiger partial charge in [-0.25, -0.2) is 4.79 Å². The third-order valence-electron chi connectivity index (χ3n) is 3.40. The summed E-state index contributed by atoms with van der Waals surface area (Å²) in [5.41, 5.74) is 1.39. The van der Waals surface area contributed by atoms with E-state index >= 15 is 0 Å². The maximum Gasteiger partial charge on any atom is 0.330 e. The molecule has 74 valence electrons. The van der Waals surface area contributed by atoms with E-state index in [9.17, 15) is 4.79 Å². The third kappa shape index (κ3) is 1.93. The molecule has 0 unspecified atom stereocenters. The standard InChI is InChI=1S/C11H18O2/c1-8-5-6-9(11(8,2)3)7-10(12)13-4/h7-8H,5-6H2,1-4H3/b9-7+/t8-/m0/s1. The van der Waals surface area contributed by atoms with Gasteiger partial charge in [-0.05, 0) is 24.2 Å². The molecule has 2 nitrogen and oxygen atoms in total. The molecule has 0 aliphatic heterocycles. The van der Waals surface area contributed by atoms with Crippen LogP contribution in [0, 0.1) is 11.3 Å². The second-order valence-electron chi connectivity index (χ2n) is 4.35. The number of hydrogen-bond donors (Lipinski definition) is 0. The fourth-order valence-corrected chi connectivity index (χ4v) is 1.83. The van der Waals surface area contributed by atoms with Gasteiger partial charge in [-0.15, -0.1) is 0 Å². The van der Waals surface area contributed by atoms with Crippen molar-refractivity contribution in [2.24, 2.45) is 11.3 Å². The van der Waals surface area contributed by atoms with Crippen LogP contribution in [-0.4, -0.2) is 13.1 Å². The van der Waals surface area contributed by atoms with Gasteiger partial charge in [0, 0.05) is 6.08 Å². The van der Waals surface area contributed by atoms with Crippen LogP contribution in [0.5, 0.6) is 0 Å². The van der Waals surface area contributed by atoms with E-state index in [0.29, 0.717) is 5.92 Å². The van der Waals surface area contributed by atoms with Gasteiger partial charge in [0.15, 0.2) is 0 Å². The van der Waals surface area contributed by atoms with Gasteiger partial charge in [-0.3, -0.25) is 0 Å². The maximum atomic E-state index is 11.1. The van der Waals surface area contributed by atoms with E-state index in [0.717, 1.165) is 6.42 Å². The topological polar surface area (TPSA) is 26.3 Å². The van der Waals surface area contributed by atoms with E-state index in [1.165, 1.54) is 19.1 Å². The molecule has 0 aromatic heterocycles. The Morgan fingerprint density at radius 1 is 1.62 bits per heavy atom. The van der Waals surface area contributed by atoms with Crippen LogP contribution < -0.4 is 0 Å². The molecule has 1 rings (SSSR count). The number of methoxy groups -OCH3 is 1. The molecule has 1 fully saturated rings. The van der Waals surface area contributed by atoms with Gasteiger partial charge in [0.1, 0.15) is 0 Å². The smallest absolute Gasteiger partial charge is 0.330 e. The Hall–Kier alpha value is -0.790. The molecule has 1 aliphatic carbocycles. The van der Waals surface area contributed by atoms with Crippen LogP contribution >= 0.6 is 0 Å². The third-order valence-corrected chi connectivity index (χ3v) is 3.40. The normalized spacial score (nSPS) is 29.2. The minimum absolute atomic E-state index is 0.161. The molecular formula is C11H18O2. The highest BCUT2D eigenvalue weighted by molar-refractivity contribution is 5.83. The van der Waals surface area contributed by atoms with Crippen LogP contribution in [0.1, 0.15) is 33.6 Å². The van der Waals surface area contributed by atoms with Gasteiger partial charge < -0.3 is 4.74 Å². The Kier molecular flexibility index (Phi) is 2.79. The molecular weight excluding hydrogens is 164 g/mol. The maximum absolute atomic E-state index is 11.1. The van der Waals surface area contributed by atoms with Crippen molar-refractivity contribution >= 4 is 5.97 Å². The van der Waals surface area contributed by atoms with Crippen LogP contribution in [0.3, 0.4) is 0 Å². The lowest BCUT2D eigenvalue weighted by Crippen LogP contribution is -2.17. The number of carbonyl (C=O) groups is 1. The van der Waals surface area contributed by atoms with Crippen molar-refractivity contribution in [1.82, 2.24) is 0 Å². The summed E-state index contributed by atoms with van der Waals surface area (Å²) in [6, 6.07) is 0. The second kappa shape index (κ2) is 3.52. The summed E-state index contributed by atoms with van der Waals surface area (Å²) >= 11 is 0. The van der Waals surface area contributed by atoms with Crippen LogP contribution in [0.15, 0.2) is 11.6 Å². The Balaban J connectivity index is 2.83. The number of rotatable bonds is 1. The van der Waals surface area contributed by atoms with Gasteiger partial charge in [0.2, 0.25) is 0 Å². The lowest BCUT2D eigenvalue weighted by Gasteiger charge is -2.25. The molecule has 0 radical (unpaired) electrons. The second-order valence-corrected chi connectivity index (χ2v) is 4.35. The fourth-order valence-electron chi connectivity index (χ4n) is 1.83. The zero-order chi connectivity index (χ0) is 10.1. The molecule has 13 heavy (non-hydrogen) atoms. The van der Waals surface area contributed by atoms with Crippen LogP contribution in [0.25, 0.3) is 0 Å². The van der Waals surface area contributed by atoms with E-state index < -0.39 is 0 Å². The van der Waals surface area contributed by atoms with Crippen LogP contribution in [-0.2, 0) is 9.53 Å². The van der Waals surface area contributed by atoms with E-state index in [-0.39, 0.29) is 11.4 Å². The van der Waals surface area contributed by atoms with E-state index in [1.807, 2.05) is 0 Å². The van der Waals surface area contributed by atoms with Gasteiger partial charge in [0.05, 0.1) is 7.11 Å². The summed E-state index contributed by atoms with van der Waals surface area (Å²) in [5.74, 6) is 0.431. The molecule has 0 aromatic rings. The average molecular weight is 182 g/mol. The van der Waals surface area contributed by atoms with E-state index in [1.54, 1.807) is 6.08 Å². The first-order valence-corrected chi connectivity index (χ1v) is 4.77. The fraction of sp³-hybridized carbons (Fsp3) is 0.727. The molecule has 0 N–H and O–H groups in total. The summed E-state index contributed by atoms with van der Waals surface area (Å²) in [5, 5.41) is 0. The van der Waals surface area contributed by atoms with E-state index in [2.05, 4.69) is 25.5 Å². The Morgan fingerprint density at radius 3 is 2.62 bits per heavy atom. The molecule has 2 heteroatoms. The highest BCUT2D eigenvalue weighted by Crippen LogP contribution is 2.46. The highest BCUT2D eigenvalue weighted by Gasteiger charge is 2.35. The highest BCUT2D eigenvalue weighted by atomic mass is 16.5. The van der Waals surface area contributed by atoms with Gasteiger partial charge in [0.25, 0.3) is 0 Å². The zero-order valence-electron chi connectivity index (χ0n) is 8.89. The first kappa shape index (κ1) is 10.3. The van der Waals surface area contributed by atoms with Gasteiger partial charge >= 0.3 is 5.97 Å². The van der Waals surface area contributed by atoms with Crippen molar-refractivity contribution in [3.63, 3.8) is 0 Å². The number of esters is 1. The van der Waals surface area contributed by atoms with Crippen molar-refractivity contribution in [3.05, 3.63) is 11.6 Å². The molecule has 1 saturated carbocycles. The first-order valence-electron chi connectivity index (χ1n) is 4.77. The molecule has 0 amide bonds. The molecule has 0 spiro atoms. The molecule has 0 bridgehead atoms. The molecule has 1 aliphatic rings. The lowest BCUT2D eigenvalue weighted by molar-refractivity contribution is -0.134. The van der Waals surface area contributed by atoms with Crippen molar-refractivity contribution in [2.75, 3.05) is 7.11 Å². The predicted octanol–water partition coefficient (Wildman–Crippen LogP) is 2.54. The zero-order valence-corrected chi connectivity index (χ0v) is 8.89. The number of ether oxygens (including phenoxy) is 1. The molecule has 0 saturated heterocycles. The SMILES string of the molecule is COC(=O)/C=C1\CC[C@H](C)C1(C)C. The van der Waals surface area contributed by atoms with E-state index in [4.69, 9.17) is 0 Å². The first-order chi connectivity index (χ1) is 5.98. The van der Waals surface area contributed by atoms with Crippen molar-refractivity contribution in [1.29, 1.82) is 0 Å². The summed E-state index contributed by atoms with van der Waals surface area (Å²) < 4.78 is 4.63. The minimum atomic E-state index is -0.225. The number of carbonyl (C=O) groups excluding carboxylic acids is 1. The number of allylic oxidation sites excluding steroid dienone is 1.